The summed E-state index contributed by atoms with van der Waals surface area (Å²) in [4.78, 5) is 46.4. The first-order valence-corrected chi connectivity index (χ1v) is 9.95. The fraction of sp³-hybridized carbons (Fsp3) is 0.400. The van der Waals surface area contributed by atoms with Crippen molar-refractivity contribution < 1.29 is 53.9 Å². The van der Waals surface area contributed by atoms with Crippen molar-refractivity contribution in [2.24, 2.45) is 5.16 Å². The zero-order valence-electron chi connectivity index (χ0n) is 15.2. The van der Waals surface area contributed by atoms with E-state index >= 15 is 0 Å². The molecule has 0 bridgehead atoms. The maximum Gasteiger partial charge on any atom is 1.00 e. The van der Waals surface area contributed by atoms with Gasteiger partial charge in [0, 0.05) is 11.1 Å². The normalized spacial score (nSPS) is 21.0. The molecule has 2 aliphatic rings. The molecular formula is C15H16N5NaO5S2. The molecule has 3 N–H and O–H groups in total. The number of carbonyl (C=O) groups excluding carboxylic acids is 3. The van der Waals surface area contributed by atoms with Crippen LogP contribution in [0, 0.1) is 0 Å². The van der Waals surface area contributed by atoms with Gasteiger partial charge in [-0.2, -0.15) is 0 Å². The Kier molecular flexibility index (Phi) is 7.89. The smallest absolute Gasteiger partial charge is 0.543 e. The van der Waals surface area contributed by atoms with Gasteiger partial charge in [0.25, 0.3) is 11.8 Å². The van der Waals surface area contributed by atoms with Crippen LogP contribution < -0.4 is 45.7 Å². The molecule has 0 spiro atoms. The number of aliphatic carboxylic acids is 1. The van der Waals surface area contributed by atoms with Gasteiger partial charge in [0.15, 0.2) is 10.8 Å². The molecule has 28 heavy (non-hydrogen) atoms. The third-order valence-corrected chi connectivity index (χ3v) is 5.63. The summed E-state index contributed by atoms with van der Waals surface area (Å²) in [6, 6.07) is -0.877. The summed E-state index contributed by atoms with van der Waals surface area (Å²) in [5, 5.41) is 18.9. The Hall–Kier alpha value is -1.60. The molecule has 0 radical (unpaired) electrons. The standard InChI is InChI=1S/C15H17N5O5S2.Na/c1-2-4-25-19-9(7-6-27-15(16)17-7)11(21)18-10-12(22)20-8(14(23)24)3-5-26-13(10)20;/h3,6,10,13H,2,4-5H2,1H3,(H2,16,17)(H,18,21)(H,23,24);/q;+1/p-1/b19-9-;/t10-,13+;/m1./s1. The Morgan fingerprint density at radius 2 is 2.29 bits per heavy atom. The second kappa shape index (κ2) is 9.74. The van der Waals surface area contributed by atoms with Crippen LogP contribution in [0.1, 0.15) is 19.0 Å². The topological polar surface area (TPSA) is 150 Å². The number of carboxylic acids is 1. The number of anilines is 1. The Morgan fingerprint density at radius 3 is 2.89 bits per heavy atom. The average Bonchev–Trinajstić information content (AvgIpc) is 3.08. The minimum Gasteiger partial charge on any atom is -0.543 e. The van der Waals surface area contributed by atoms with Gasteiger partial charge in [-0.3, -0.25) is 14.5 Å². The second-order valence-corrected chi connectivity index (χ2v) is 7.64. The molecule has 0 aromatic carbocycles. The summed E-state index contributed by atoms with van der Waals surface area (Å²) in [7, 11) is 0. The number of thioether (sulfide) groups is 1. The second-order valence-electron chi connectivity index (χ2n) is 5.60. The van der Waals surface area contributed by atoms with Crippen molar-refractivity contribution in [3.05, 3.63) is 22.8 Å². The molecule has 0 saturated carbocycles. The van der Waals surface area contributed by atoms with Crippen molar-refractivity contribution >= 4 is 51.7 Å². The molecule has 2 atom stereocenters. The maximum atomic E-state index is 12.7. The zero-order valence-corrected chi connectivity index (χ0v) is 18.8. The molecule has 144 valence electrons. The number of nitrogens with two attached hydrogens (primary N) is 1. The van der Waals surface area contributed by atoms with E-state index in [1.165, 1.54) is 17.8 Å². The van der Waals surface area contributed by atoms with Gasteiger partial charge in [-0.05, 0) is 12.5 Å². The minimum absolute atomic E-state index is 0. The van der Waals surface area contributed by atoms with Crippen molar-refractivity contribution in [2.45, 2.75) is 24.8 Å². The Labute approximate surface area is 190 Å². The summed E-state index contributed by atoms with van der Waals surface area (Å²) >= 11 is 2.48. The number of hydrogen-bond donors (Lipinski definition) is 2. The van der Waals surface area contributed by atoms with Crippen LogP contribution in [0.3, 0.4) is 0 Å². The van der Waals surface area contributed by atoms with E-state index < -0.39 is 29.2 Å². The van der Waals surface area contributed by atoms with E-state index in [4.69, 9.17) is 10.6 Å². The summed E-state index contributed by atoms with van der Waals surface area (Å²) < 4.78 is 0. The predicted molar refractivity (Wildman–Crippen MR) is 97.4 cm³/mol. The molecule has 3 heterocycles. The average molecular weight is 433 g/mol. The first-order chi connectivity index (χ1) is 12.9. The number of rotatable bonds is 7. The molecule has 1 aromatic heterocycles. The molecule has 1 fully saturated rings. The largest absolute Gasteiger partial charge is 1.00 e. The van der Waals surface area contributed by atoms with Crippen LogP contribution in [0.2, 0.25) is 0 Å². The number of nitrogens with zero attached hydrogens (tertiary/aromatic N) is 3. The number of nitrogen functional groups attached to an aromatic ring is 1. The van der Waals surface area contributed by atoms with E-state index in [2.05, 4.69) is 15.5 Å². The van der Waals surface area contributed by atoms with Crippen LogP contribution in [-0.4, -0.2) is 57.2 Å². The molecule has 1 aromatic rings. The van der Waals surface area contributed by atoms with E-state index in [1.54, 1.807) is 5.38 Å². The van der Waals surface area contributed by atoms with Crippen LogP contribution in [0.15, 0.2) is 22.3 Å². The summed E-state index contributed by atoms with van der Waals surface area (Å²) in [6.07, 6.45) is 2.11. The molecule has 2 aliphatic heterocycles. The molecule has 10 nitrogen and oxygen atoms in total. The van der Waals surface area contributed by atoms with E-state index in [0.29, 0.717) is 18.8 Å². The number of carboxylic acid groups (broad SMARTS) is 1. The molecule has 13 heteroatoms. The van der Waals surface area contributed by atoms with Crippen molar-refractivity contribution in [1.29, 1.82) is 0 Å². The van der Waals surface area contributed by atoms with Crippen molar-refractivity contribution in [2.75, 3.05) is 18.1 Å². The minimum atomic E-state index is -1.42. The predicted octanol–water partition coefficient (Wildman–Crippen LogP) is -4.11. The van der Waals surface area contributed by atoms with Gasteiger partial charge in [0.1, 0.15) is 23.7 Å². The Balaban J connectivity index is 0.00000280. The Morgan fingerprint density at radius 1 is 1.54 bits per heavy atom. The zero-order chi connectivity index (χ0) is 19.6. The molecule has 0 unspecified atom stereocenters. The quantitative estimate of drug-likeness (QED) is 0.145. The number of amides is 2. The maximum absolute atomic E-state index is 12.7. The van der Waals surface area contributed by atoms with Crippen molar-refractivity contribution in [3.63, 3.8) is 0 Å². The van der Waals surface area contributed by atoms with E-state index in [9.17, 15) is 19.5 Å². The van der Waals surface area contributed by atoms with E-state index in [0.717, 1.165) is 16.2 Å². The SMILES string of the molecule is CCCO/N=C(\C(=O)N[C@@H]1C(=O)N2C(C(=O)[O-])=CCS[C@@H]12)c1csc(N)n1.[Na+]. The number of thiazole rings is 1. The van der Waals surface area contributed by atoms with Gasteiger partial charge >= 0.3 is 29.6 Å². The Bertz CT molecular complexity index is 843. The number of nitrogens with one attached hydrogen (secondary N) is 1. The van der Waals surface area contributed by atoms with Crippen LogP contribution in [-0.2, 0) is 19.2 Å². The third kappa shape index (κ3) is 4.51. The summed E-state index contributed by atoms with van der Waals surface area (Å²) in [6.45, 7) is 2.20. The summed E-state index contributed by atoms with van der Waals surface area (Å²) in [5.41, 5.74) is 5.57. The molecule has 1 saturated heterocycles. The first kappa shape index (κ1) is 22.7. The molecular weight excluding hydrogens is 417 g/mol. The van der Waals surface area contributed by atoms with Crippen LogP contribution in [0.5, 0.6) is 0 Å². The van der Waals surface area contributed by atoms with Gasteiger partial charge in [0.05, 0.1) is 11.7 Å². The third-order valence-electron chi connectivity index (χ3n) is 3.77. The number of fused-ring (bicyclic) bond motifs is 1. The van der Waals surface area contributed by atoms with Crippen molar-refractivity contribution in [1.82, 2.24) is 15.2 Å². The van der Waals surface area contributed by atoms with Crippen molar-refractivity contribution in [3.8, 4) is 0 Å². The van der Waals surface area contributed by atoms with E-state index in [1.807, 2.05) is 6.92 Å². The van der Waals surface area contributed by atoms with Crippen LogP contribution >= 0.6 is 23.1 Å². The number of oxime groups is 1. The molecule has 3 rings (SSSR count). The molecule has 0 aliphatic carbocycles. The fourth-order valence-electron chi connectivity index (χ4n) is 2.54. The van der Waals surface area contributed by atoms with Gasteiger partial charge < -0.3 is 25.8 Å². The first-order valence-electron chi connectivity index (χ1n) is 8.02. The van der Waals surface area contributed by atoms with Crippen LogP contribution in [0.25, 0.3) is 0 Å². The number of carbonyl (C=O) groups is 3. The monoisotopic (exact) mass is 433 g/mol. The summed E-state index contributed by atoms with van der Waals surface area (Å²) in [5.74, 6) is -2.21. The van der Waals surface area contributed by atoms with Crippen LogP contribution in [0.4, 0.5) is 5.13 Å². The molecule has 2 amide bonds. The number of aromatic nitrogens is 1. The number of β-lactam (4-membered cyclic amide) rings is 1. The number of hydrogen-bond acceptors (Lipinski definition) is 10. The van der Waals surface area contributed by atoms with E-state index in [-0.39, 0.29) is 51.8 Å². The van der Waals surface area contributed by atoms with Gasteiger partial charge in [-0.1, -0.05) is 12.1 Å². The van der Waals surface area contributed by atoms with Gasteiger partial charge in [-0.25, -0.2) is 4.98 Å². The van der Waals surface area contributed by atoms with Gasteiger partial charge in [-0.15, -0.1) is 23.1 Å². The van der Waals surface area contributed by atoms with Gasteiger partial charge in [0.2, 0.25) is 0 Å². The fourth-order valence-corrected chi connectivity index (χ4v) is 4.28.